The molecule has 0 aliphatic carbocycles. The van der Waals surface area contributed by atoms with Crippen molar-refractivity contribution in [3.05, 3.63) is 40.9 Å². The van der Waals surface area contributed by atoms with Crippen LogP contribution in [-0.2, 0) is 4.79 Å². The smallest absolute Gasteiger partial charge is 0.267 e. The second kappa shape index (κ2) is 7.62. The third-order valence-corrected chi connectivity index (χ3v) is 5.10. The van der Waals surface area contributed by atoms with Gasteiger partial charge in [-0.05, 0) is 30.9 Å². The van der Waals surface area contributed by atoms with E-state index in [1.165, 1.54) is 23.7 Å². The summed E-state index contributed by atoms with van der Waals surface area (Å²) in [7, 11) is 0. The van der Waals surface area contributed by atoms with E-state index in [1.54, 1.807) is 36.9 Å². The van der Waals surface area contributed by atoms with Gasteiger partial charge in [-0.2, -0.15) is 5.10 Å². The number of aromatic nitrogens is 4. The molecule has 0 aromatic carbocycles. The molecule has 0 aliphatic rings. The lowest BCUT2D eigenvalue weighted by Crippen LogP contribution is -2.33. The fourth-order valence-electron chi connectivity index (χ4n) is 2.02. The number of carbonyl (C=O) groups is 1. The molecule has 0 bridgehead atoms. The molecule has 1 amide bonds. The number of anilines is 1. The summed E-state index contributed by atoms with van der Waals surface area (Å²) in [6.45, 7) is 3.61. The Morgan fingerprint density at radius 3 is 2.96 bits per heavy atom. The summed E-state index contributed by atoms with van der Waals surface area (Å²) in [4.78, 5) is 24.5. The first kappa shape index (κ1) is 17.4. The van der Waals surface area contributed by atoms with Crippen LogP contribution in [0.1, 0.15) is 19.9 Å². The van der Waals surface area contributed by atoms with Crippen LogP contribution in [-0.4, -0.2) is 31.6 Å². The highest BCUT2D eigenvalue weighted by atomic mass is 32.2. The van der Waals surface area contributed by atoms with Crippen LogP contribution in [0.3, 0.4) is 0 Å². The molecule has 0 saturated heterocycles. The Labute approximate surface area is 151 Å². The Hall–Kier alpha value is -2.46. The maximum absolute atomic E-state index is 12.4. The van der Waals surface area contributed by atoms with Gasteiger partial charge < -0.3 is 4.42 Å². The molecule has 0 radical (unpaired) electrons. The van der Waals surface area contributed by atoms with Crippen molar-refractivity contribution in [3.63, 3.8) is 0 Å². The van der Waals surface area contributed by atoms with Crippen molar-refractivity contribution in [2.24, 2.45) is 0 Å². The summed E-state index contributed by atoms with van der Waals surface area (Å²) in [6.07, 6.45) is 1.52. The highest BCUT2D eigenvalue weighted by Crippen LogP contribution is 2.25. The third kappa shape index (κ3) is 3.97. The lowest BCUT2D eigenvalue weighted by atomic mass is 10.3. The van der Waals surface area contributed by atoms with Crippen LogP contribution in [0.4, 0.5) is 5.13 Å². The Balaban J connectivity index is 1.79. The molecule has 3 rings (SSSR count). The summed E-state index contributed by atoms with van der Waals surface area (Å²) in [5.41, 5.74) is 0.0965. The highest BCUT2D eigenvalue weighted by Gasteiger charge is 2.20. The first-order valence-electron chi connectivity index (χ1n) is 7.49. The van der Waals surface area contributed by atoms with Crippen molar-refractivity contribution >= 4 is 34.1 Å². The van der Waals surface area contributed by atoms with E-state index in [-0.39, 0.29) is 5.56 Å². The standard InChI is InChI=1S/C15H15N5O3S2/c1-3-24-15-18-17-14(25-15)16-13(22)9(2)20-12(21)7-6-10(19-20)11-5-4-8-23-11/h4-9H,3H2,1-2H3,(H,16,17,22). The van der Waals surface area contributed by atoms with Gasteiger partial charge in [-0.15, -0.1) is 10.2 Å². The molecule has 3 aromatic heterocycles. The Bertz CT molecular complexity index is 919. The van der Waals surface area contributed by atoms with E-state index in [1.807, 2.05) is 6.92 Å². The van der Waals surface area contributed by atoms with Crippen molar-refractivity contribution in [2.45, 2.75) is 24.2 Å². The lowest BCUT2D eigenvalue weighted by molar-refractivity contribution is -0.119. The van der Waals surface area contributed by atoms with Gasteiger partial charge in [0, 0.05) is 6.07 Å². The molecule has 0 fully saturated rings. The second-order valence-corrected chi connectivity index (χ2v) is 7.44. The van der Waals surface area contributed by atoms with Gasteiger partial charge in [-0.1, -0.05) is 30.0 Å². The van der Waals surface area contributed by atoms with Crippen LogP contribution in [0.25, 0.3) is 11.5 Å². The van der Waals surface area contributed by atoms with Crippen LogP contribution < -0.4 is 10.9 Å². The Morgan fingerprint density at radius 1 is 1.40 bits per heavy atom. The number of rotatable bonds is 6. The average Bonchev–Trinajstić information content (AvgIpc) is 3.27. The predicted molar refractivity (Wildman–Crippen MR) is 95.8 cm³/mol. The molecule has 3 heterocycles. The molecule has 10 heteroatoms. The summed E-state index contributed by atoms with van der Waals surface area (Å²) in [6, 6.07) is 5.56. The maximum Gasteiger partial charge on any atom is 0.267 e. The molecule has 1 atom stereocenters. The zero-order chi connectivity index (χ0) is 17.8. The number of nitrogens with zero attached hydrogens (tertiary/aromatic N) is 4. The van der Waals surface area contributed by atoms with Gasteiger partial charge in [0.15, 0.2) is 10.1 Å². The first-order chi connectivity index (χ1) is 12.1. The quantitative estimate of drug-likeness (QED) is 0.520. The number of hydrogen-bond acceptors (Lipinski definition) is 8. The SMILES string of the molecule is CCSc1nnc(NC(=O)C(C)n2nc(-c3ccco3)ccc2=O)s1. The van der Waals surface area contributed by atoms with Gasteiger partial charge in [-0.25, -0.2) is 4.68 Å². The van der Waals surface area contributed by atoms with E-state index in [2.05, 4.69) is 20.6 Å². The zero-order valence-electron chi connectivity index (χ0n) is 13.5. The van der Waals surface area contributed by atoms with Crippen molar-refractivity contribution in [3.8, 4) is 11.5 Å². The molecule has 130 valence electrons. The number of thioether (sulfide) groups is 1. The molecule has 0 saturated carbocycles. The number of hydrogen-bond donors (Lipinski definition) is 1. The average molecular weight is 377 g/mol. The van der Waals surface area contributed by atoms with Crippen LogP contribution in [0.15, 0.2) is 44.1 Å². The summed E-state index contributed by atoms with van der Waals surface area (Å²) < 4.78 is 7.18. The van der Waals surface area contributed by atoms with Crippen molar-refractivity contribution in [2.75, 3.05) is 11.1 Å². The third-order valence-electron chi connectivity index (χ3n) is 3.25. The molecule has 3 aromatic rings. The molecular formula is C15H15N5O3S2. The summed E-state index contributed by atoms with van der Waals surface area (Å²) in [5.74, 6) is 1.000. The molecule has 8 nitrogen and oxygen atoms in total. The molecule has 0 aliphatic heterocycles. The van der Waals surface area contributed by atoms with E-state index < -0.39 is 11.9 Å². The van der Waals surface area contributed by atoms with Crippen molar-refractivity contribution in [1.82, 2.24) is 20.0 Å². The van der Waals surface area contributed by atoms with E-state index in [4.69, 9.17) is 4.42 Å². The minimum atomic E-state index is -0.811. The van der Waals surface area contributed by atoms with Crippen LogP contribution in [0.5, 0.6) is 0 Å². The first-order valence-corrected chi connectivity index (χ1v) is 9.29. The van der Waals surface area contributed by atoms with Gasteiger partial charge in [0.25, 0.3) is 11.5 Å². The van der Waals surface area contributed by atoms with E-state index in [0.717, 1.165) is 14.8 Å². The van der Waals surface area contributed by atoms with Gasteiger partial charge in [0.2, 0.25) is 5.13 Å². The van der Waals surface area contributed by atoms with Gasteiger partial charge >= 0.3 is 0 Å². The number of furan rings is 1. The summed E-state index contributed by atoms with van der Waals surface area (Å²) in [5, 5.41) is 15.2. The Kier molecular flexibility index (Phi) is 5.29. The molecular weight excluding hydrogens is 362 g/mol. The highest BCUT2D eigenvalue weighted by molar-refractivity contribution is 8.01. The number of nitrogens with one attached hydrogen (secondary N) is 1. The van der Waals surface area contributed by atoms with Crippen LogP contribution >= 0.6 is 23.1 Å². The summed E-state index contributed by atoms with van der Waals surface area (Å²) >= 11 is 2.84. The van der Waals surface area contributed by atoms with Gasteiger partial charge in [0.05, 0.1) is 6.26 Å². The van der Waals surface area contributed by atoms with Crippen LogP contribution in [0, 0.1) is 0 Å². The number of carbonyl (C=O) groups excluding carboxylic acids is 1. The van der Waals surface area contributed by atoms with Crippen LogP contribution in [0.2, 0.25) is 0 Å². The second-order valence-electron chi connectivity index (χ2n) is 4.95. The Morgan fingerprint density at radius 2 is 2.24 bits per heavy atom. The van der Waals surface area contributed by atoms with Gasteiger partial charge in [-0.3, -0.25) is 14.9 Å². The van der Waals surface area contributed by atoms with Crippen molar-refractivity contribution in [1.29, 1.82) is 0 Å². The predicted octanol–water partition coefficient (Wildman–Crippen LogP) is 2.67. The topological polar surface area (TPSA) is 103 Å². The van der Waals surface area contributed by atoms with E-state index in [9.17, 15) is 9.59 Å². The zero-order valence-corrected chi connectivity index (χ0v) is 15.1. The molecule has 25 heavy (non-hydrogen) atoms. The molecule has 1 N–H and O–H groups in total. The minimum Gasteiger partial charge on any atom is -0.463 e. The fourth-order valence-corrected chi connectivity index (χ4v) is 3.67. The lowest BCUT2D eigenvalue weighted by Gasteiger charge is -2.13. The van der Waals surface area contributed by atoms with E-state index >= 15 is 0 Å². The monoisotopic (exact) mass is 377 g/mol. The minimum absolute atomic E-state index is 0.377. The van der Waals surface area contributed by atoms with E-state index in [0.29, 0.717) is 16.6 Å². The largest absolute Gasteiger partial charge is 0.463 e. The maximum atomic E-state index is 12.4. The molecule has 1 unspecified atom stereocenters. The molecule has 0 spiro atoms. The van der Waals surface area contributed by atoms with Crippen molar-refractivity contribution < 1.29 is 9.21 Å². The number of amides is 1. The fraction of sp³-hybridized carbons (Fsp3) is 0.267. The normalized spacial score (nSPS) is 12.1. The van der Waals surface area contributed by atoms with Gasteiger partial charge in [0.1, 0.15) is 11.7 Å².